The molecule has 0 aromatic heterocycles. The van der Waals surface area contributed by atoms with Crippen molar-refractivity contribution in [3.8, 4) is 0 Å². The molecule has 0 saturated carbocycles. The third-order valence-corrected chi connectivity index (χ3v) is 1.43. The van der Waals surface area contributed by atoms with Crippen LogP contribution in [0.15, 0.2) is 0 Å². The molecular formula is C7H13O2. The van der Waals surface area contributed by atoms with Crippen LogP contribution in [-0.4, -0.2) is 6.10 Å². The van der Waals surface area contributed by atoms with Crippen LogP contribution >= 0.6 is 0 Å². The van der Waals surface area contributed by atoms with Gasteiger partial charge in [0.15, 0.2) is 6.10 Å². The molecule has 0 N–H and O–H groups in total. The fourth-order valence-electron chi connectivity index (χ4n) is 0.947. The van der Waals surface area contributed by atoms with Crippen molar-refractivity contribution in [2.75, 3.05) is 0 Å². The minimum Gasteiger partial charge on any atom is -0.229 e. The molecule has 53 valence electrons. The van der Waals surface area contributed by atoms with Crippen LogP contribution in [-0.2, 0) is 9.78 Å². The largest absolute Gasteiger partial charge is 0.229 e. The predicted molar refractivity (Wildman–Crippen MR) is 34.3 cm³/mol. The summed E-state index contributed by atoms with van der Waals surface area (Å²) in [6.45, 7) is 8.33. The maximum absolute atomic E-state index is 4.87. The molecule has 1 heterocycles. The zero-order valence-electron chi connectivity index (χ0n) is 6.39. The molecule has 2 nitrogen and oxygen atoms in total. The Bertz CT molecular complexity index is 104. The van der Waals surface area contributed by atoms with E-state index in [2.05, 4.69) is 25.7 Å². The summed E-state index contributed by atoms with van der Waals surface area (Å²) in [4.78, 5) is 9.56. The van der Waals surface area contributed by atoms with Crippen molar-refractivity contribution in [1.29, 1.82) is 0 Å². The number of rotatable bonds is 0. The van der Waals surface area contributed by atoms with Gasteiger partial charge in [-0.3, -0.25) is 0 Å². The second-order valence-corrected chi connectivity index (χ2v) is 3.54. The molecule has 1 aliphatic rings. The molecule has 1 rings (SSSR count). The summed E-state index contributed by atoms with van der Waals surface area (Å²) >= 11 is 0. The third kappa shape index (κ3) is 1.25. The van der Waals surface area contributed by atoms with Crippen molar-refractivity contribution in [1.82, 2.24) is 0 Å². The molecule has 0 amide bonds. The molecule has 1 saturated heterocycles. The SMILES string of the molecule is C[C]1OOC1C(C)(C)C. The van der Waals surface area contributed by atoms with Gasteiger partial charge in [0.2, 0.25) is 0 Å². The van der Waals surface area contributed by atoms with Gasteiger partial charge in [-0.1, -0.05) is 20.8 Å². The van der Waals surface area contributed by atoms with Gasteiger partial charge < -0.3 is 0 Å². The van der Waals surface area contributed by atoms with E-state index in [1.165, 1.54) is 0 Å². The van der Waals surface area contributed by atoms with E-state index >= 15 is 0 Å². The van der Waals surface area contributed by atoms with Crippen LogP contribution in [0.3, 0.4) is 0 Å². The smallest absolute Gasteiger partial charge is 0.165 e. The summed E-state index contributed by atoms with van der Waals surface area (Å²) in [5.74, 6) is 0. The lowest BCUT2D eigenvalue weighted by Gasteiger charge is -2.39. The van der Waals surface area contributed by atoms with Crippen molar-refractivity contribution in [3.05, 3.63) is 6.10 Å². The van der Waals surface area contributed by atoms with Crippen molar-refractivity contribution >= 4 is 0 Å². The van der Waals surface area contributed by atoms with Gasteiger partial charge in [0, 0.05) is 0 Å². The standard InChI is InChI=1S/C7H13O2/c1-5-6(9-8-5)7(2,3)4/h6H,1-4H3. The van der Waals surface area contributed by atoms with Crippen molar-refractivity contribution in [2.45, 2.75) is 33.8 Å². The van der Waals surface area contributed by atoms with Gasteiger partial charge in [-0.25, -0.2) is 9.78 Å². The number of hydrogen-bond acceptors (Lipinski definition) is 2. The minimum absolute atomic E-state index is 0.183. The molecule has 0 aromatic rings. The summed E-state index contributed by atoms with van der Waals surface area (Å²) in [6, 6.07) is 0. The van der Waals surface area contributed by atoms with Gasteiger partial charge in [-0.05, 0) is 12.3 Å². The molecule has 1 aliphatic heterocycles. The van der Waals surface area contributed by atoms with E-state index < -0.39 is 0 Å². The van der Waals surface area contributed by atoms with Crippen LogP contribution in [0.5, 0.6) is 0 Å². The molecule has 1 unspecified atom stereocenters. The summed E-state index contributed by atoms with van der Waals surface area (Å²) in [5.41, 5.74) is 0.183. The van der Waals surface area contributed by atoms with Gasteiger partial charge in [-0.15, -0.1) is 0 Å². The fraction of sp³-hybridized carbons (Fsp3) is 0.857. The molecule has 0 spiro atoms. The van der Waals surface area contributed by atoms with Crippen LogP contribution in [0.2, 0.25) is 0 Å². The highest BCUT2D eigenvalue weighted by Crippen LogP contribution is 2.37. The lowest BCUT2D eigenvalue weighted by atomic mass is 9.85. The first kappa shape index (κ1) is 7.03. The Morgan fingerprint density at radius 3 is 1.89 bits per heavy atom. The Morgan fingerprint density at radius 2 is 1.89 bits per heavy atom. The van der Waals surface area contributed by atoms with Gasteiger partial charge in [0.1, 0.15) is 6.10 Å². The Labute approximate surface area is 56.1 Å². The second kappa shape index (κ2) is 1.96. The van der Waals surface area contributed by atoms with Crippen molar-refractivity contribution < 1.29 is 9.78 Å². The third-order valence-electron chi connectivity index (χ3n) is 1.43. The normalized spacial score (nSPS) is 30.0. The first-order valence-corrected chi connectivity index (χ1v) is 3.18. The molecule has 0 aliphatic carbocycles. The van der Waals surface area contributed by atoms with E-state index in [0.29, 0.717) is 0 Å². The highest BCUT2D eigenvalue weighted by Gasteiger charge is 2.41. The van der Waals surface area contributed by atoms with Crippen LogP contribution < -0.4 is 0 Å². The second-order valence-electron chi connectivity index (χ2n) is 3.54. The first-order chi connectivity index (χ1) is 4.02. The summed E-state index contributed by atoms with van der Waals surface area (Å²) in [6.07, 6.45) is 1.18. The van der Waals surface area contributed by atoms with E-state index in [1.54, 1.807) is 0 Å². The van der Waals surface area contributed by atoms with Crippen molar-refractivity contribution in [3.63, 3.8) is 0 Å². The summed E-state index contributed by atoms with van der Waals surface area (Å²) < 4.78 is 0. The Balaban J connectivity index is 2.44. The molecule has 9 heavy (non-hydrogen) atoms. The molecule has 2 heteroatoms. The maximum Gasteiger partial charge on any atom is 0.165 e. The van der Waals surface area contributed by atoms with Crippen molar-refractivity contribution in [2.24, 2.45) is 5.41 Å². The van der Waals surface area contributed by atoms with E-state index in [-0.39, 0.29) is 11.5 Å². The zero-order valence-corrected chi connectivity index (χ0v) is 6.39. The van der Waals surface area contributed by atoms with Crippen LogP contribution in [0.4, 0.5) is 0 Å². The van der Waals surface area contributed by atoms with Crippen LogP contribution in [0.25, 0.3) is 0 Å². The Kier molecular flexibility index (Phi) is 1.53. The zero-order chi connectivity index (χ0) is 7.07. The lowest BCUT2D eigenvalue weighted by Crippen LogP contribution is -2.43. The van der Waals surface area contributed by atoms with Gasteiger partial charge >= 0.3 is 0 Å². The highest BCUT2D eigenvalue weighted by molar-refractivity contribution is 4.94. The Hall–Kier alpha value is -0.0800. The molecule has 0 bridgehead atoms. The highest BCUT2D eigenvalue weighted by atomic mass is 17.2. The van der Waals surface area contributed by atoms with E-state index in [9.17, 15) is 0 Å². The van der Waals surface area contributed by atoms with Gasteiger partial charge in [0.25, 0.3) is 0 Å². The maximum atomic E-state index is 4.87. The molecule has 1 radical (unpaired) electrons. The van der Waals surface area contributed by atoms with Gasteiger partial charge in [-0.2, -0.15) is 0 Å². The first-order valence-electron chi connectivity index (χ1n) is 3.18. The fourth-order valence-corrected chi connectivity index (χ4v) is 0.947. The molecule has 1 atom stereocenters. The predicted octanol–water partition coefficient (Wildman–Crippen LogP) is 1.91. The average molecular weight is 129 g/mol. The topological polar surface area (TPSA) is 18.5 Å². The summed E-state index contributed by atoms with van der Waals surface area (Å²) in [5, 5.41) is 0. The quantitative estimate of drug-likeness (QED) is 0.465. The van der Waals surface area contributed by atoms with Crippen LogP contribution in [0, 0.1) is 11.5 Å². The summed E-state index contributed by atoms with van der Waals surface area (Å²) in [7, 11) is 0. The van der Waals surface area contributed by atoms with Gasteiger partial charge in [0.05, 0.1) is 0 Å². The van der Waals surface area contributed by atoms with E-state index in [0.717, 1.165) is 6.10 Å². The van der Waals surface area contributed by atoms with E-state index in [4.69, 9.17) is 4.89 Å². The minimum atomic E-state index is 0.183. The number of hydrogen-bond donors (Lipinski definition) is 0. The monoisotopic (exact) mass is 129 g/mol. The Morgan fingerprint density at radius 1 is 1.33 bits per heavy atom. The molecule has 0 aromatic carbocycles. The molecular weight excluding hydrogens is 116 g/mol. The average Bonchev–Trinajstić information content (AvgIpc) is 1.57. The van der Waals surface area contributed by atoms with Crippen LogP contribution in [0.1, 0.15) is 27.7 Å². The van der Waals surface area contributed by atoms with E-state index in [1.807, 2.05) is 6.92 Å². The molecule has 1 fully saturated rings. The lowest BCUT2D eigenvalue weighted by molar-refractivity contribution is -0.430.